The van der Waals surface area contributed by atoms with Gasteiger partial charge in [-0.25, -0.2) is 8.78 Å². The fraction of sp³-hybridized carbons (Fsp3) is 0.273. The Morgan fingerprint density at radius 1 is 0.923 bits per heavy atom. The second-order valence-electron chi connectivity index (χ2n) is 6.97. The molecule has 4 heteroatoms. The zero-order valence-corrected chi connectivity index (χ0v) is 14.8. The van der Waals surface area contributed by atoms with Crippen LogP contribution in [0.2, 0.25) is 0 Å². The molecule has 0 spiro atoms. The van der Waals surface area contributed by atoms with E-state index in [1.54, 1.807) is 0 Å². The van der Waals surface area contributed by atoms with Gasteiger partial charge in [-0.2, -0.15) is 0 Å². The highest BCUT2D eigenvalue weighted by Gasteiger charge is 2.31. The number of aromatic nitrogens is 1. The molecule has 1 aliphatic rings. The fourth-order valence-electron chi connectivity index (χ4n) is 3.84. The SMILES string of the molecule is Cc1ccc(CN2CCCn3cccc3[C@@H]2c2c(F)cccc2F)cc1. The van der Waals surface area contributed by atoms with Crippen LogP contribution in [0, 0.1) is 18.6 Å². The highest BCUT2D eigenvalue weighted by Crippen LogP contribution is 2.35. The van der Waals surface area contributed by atoms with E-state index < -0.39 is 17.7 Å². The fourth-order valence-corrected chi connectivity index (χ4v) is 3.84. The smallest absolute Gasteiger partial charge is 0.131 e. The van der Waals surface area contributed by atoms with Gasteiger partial charge in [-0.05, 0) is 43.2 Å². The van der Waals surface area contributed by atoms with Crippen molar-refractivity contribution in [3.63, 3.8) is 0 Å². The van der Waals surface area contributed by atoms with E-state index in [1.807, 2.05) is 18.3 Å². The Balaban J connectivity index is 1.79. The summed E-state index contributed by atoms with van der Waals surface area (Å²) in [6, 6.07) is 16.0. The van der Waals surface area contributed by atoms with E-state index in [1.165, 1.54) is 23.8 Å². The maximum absolute atomic E-state index is 14.7. The van der Waals surface area contributed by atoms with Crippen LogP contribution in [-0.4, -0.2) is 16.0 Å². The summed E-state index contributed by atoms with van der Waals surface area (Å²) in [5.41, 5.74) is 3.44. The molecule has 0 radical (unpaired) electrons. The van der Waals surface area contributed by atoms with Crippen LogP contribution in [0.25, 0.3) is 0 Å². The minimum atomic E-state index is -0.487. The first kappa shape index (κ1) is 17.0. The number of aryl methyl sites for hydroxylation is 2. The lowest BCUT2D eigenvalue weighted by molar-refractivity contribution is 0.212. The van der Waals surface area contributed by atoms with E-state index in [9.17, 15) is 8.78 Å². The summed E-state index contributed by atoms with van der Waals surface area (Å²) in [5, 5.41) is 0. The second kappa shape index (κ2) is 7.04. The van der Waals surface area contributed by atoms with Crippen molar-refractivity contribution in [2.75, 3.05) is 6.54 Å². The van der Waals surface area contributed by atoms with Gasteiger partial charge < -0.3 is 4.57 Å². The predicted molar refractivity (Wildman–Crippen MR) is 98.8 cm³/mol. The molecule has 0 saturated heterocycles. The minimum absolute atomic E-state index is 0.140. The molecule has 0 unspecified atom stereocenters. The van der Waals surface area contributed by atoms with Crippen molar-refractivity contribution in [1.29, 1.82) is 0 Å². The number of benzene rings is 2. The number of hydrogen-bond donors (Lipinski definition) is 0. The van der Waals surface area contributed by atoms with Gasteiger partial charge >= 0.3 is 0 Å². The number of rotatable bonds is 3. The molecule has 0 bridgehead atoms. The lowest BCUT2D eigenvalue weighted by Gasteiger charge is -2.31. The lowest BCUT2D eigenvalue weighted by atomic mass is 9.99. The van der Waals surface area contributed by atoms with Crippen molar-refractivity contribution in [3.05, 3.63) is 94.8 Å². The molecule has 1 aliphatic heterocycles. The minimum Gasteiger partial charge on any atom is -0.350 e. The molecule has 1 aromatic heterocycles. The van der Waals surface area contributed by atoms with E-state index in [0.29, 0.717) is 6.54 Å². The summed E-state index contributed by atoms with van der Waals surface area (Å²) in [6.07, 6.45) is 2.94. The Hall–Kier alpha value is -2.46. The number of hydrogen-bond acceptors (Lipinski definition) is 1. The van der Waals surface area contributed by atoms with Crippen molar-refractivity contribution < 1.29 is 8.78 Å². The summed E-state index contributed by atoms with van der Waals surface area (Å²) in [7, 11) is 0. The van der Waals surface area contributed by atoms with Gasteiger partial charge in [0.05, 0.1) is 6.04 Å². The summed E-state index contributed by atoms with van der Waals surface area (Å²) in [5.74, 6) is -0.975. The number of halogens is 2. The lowest BCUT2D eigenvalue weighted by Crippen LogP contribution is -2.30. The molecule has 2 nitrogen and oxygen atoms in total. The molecule has 2 aromatic carbocycles. The normalized spacial score (nSPS) is 17.7. The first-order chi connectivity index (χ1) is 12.6. The van der Waals surface area contributed by atoms with Crippen LogP contribution in [0.3, 0.4) is 0 Å². The summed E-state index contributed by atoms with van der Waals surface area (Å²) in [4.78, 5) is 2.19. The van der Waals surface area contributed by atoms with Gasteiger partial charge in [-0.1, -0.05) is 35.9 Å². The van der Waals surface area contributed by atoms with E-state index in [4.69, 9.17) is 0 Å². The number of nitrogens with zero attached hydrogens (tertiary/aromatic N) is 2. The molecule has 0 fully saturated rings. The topological polar surface area (TPSA) is 8.17 Å². The Morgan fingerprint density at radius 2 is 1.65 bits per heavy atom. The standard InChI is InChI=1S/C22H22F2N2/c1-16-8-10-17(11-9-16)15-26-14-4-13-25-12-3-7-20(25)22(26)21-18(23)5-2-6-19(21)24/h2-3,5-12,22H,4,13-15H2,1H3/t22-/m1/s1. The summed E-state index contributed by atoms with van der Waals surface area (Å²) < 4.78 is 31.4. The van der Waals surface area contributed by atoms with E-state index >= 15 is 0 Å². The van der Waals surface area contributed by atoms with E-state index in [0.717, 1.165) is 30.8 Å². The van der Waals surface area contributed by atoms with Crippen molar-refractivity contribution in [3.8, 4) is 0 Å². The van der Waals surface area contributed by atoms with Crippen LogP contribution in [-0.2, 0) is 13.1 Å². The Morgan fingerprint density at radius 3 is 2.38 bits per heavy atom. The molecule has 2 heterocycles. The molecule has 134 valence electrons. The van der Waals surface area contributed by atoms with E-state index in [-0.39, 0.29) is 5.56 Å². The molecule has 3 aromatic rings. The quantitative estimate of drug-likeness (QED) is 0.639. The van der Waals surface area contributed by atoms with Crippen molar-refractivity contribution in [2.45, 2.75) is 32.5 Å². The maximum Gasteiger partial charge on any atom is 0.131 e. The molecule has 0 amide bonds. The first-order valence-corrected chi connectivity index (χ1v) is 9.02. The van der Waals surface area contributed by atoms with E-state index in [2.05, 4.69) is 40.7 Å². The summed E-state index contributed by atoms with van der Waals surface area (Å²) in [6.45, 7) is 4.36. The van der Waals surface area contributed by atoms with Crippen LogP contribution >= 0.6 is 0 Å². The van der Waals surface area contributed by atoms with Gasteiger partial charge in [0.15, 0.2) is 0 Å². The third-order valence-corrected chi connectivity index (χ3v) is 5.13. The highest BCUT2D eigenvalue weighted by molar-refractivity contribution is 5.33. The van der Waals surface area contributed by atoms with Crippen LogP contribution in [0.5, 0.6) is 0 Å². The Kier molecular flexibility index (Phi) is 4.60. The third-order valence-electron chi connectivity index (χ3n) is 5.13. The van der Waals surface area contributed by atoms with Crippen molar-refractivity contribution in [2.24, 2.45) is 0 Å². The van der Waals surface area contributed by atoms with Gasteiger partial charge in [-0.15, -0.1) is 0 Å². The van der Waals surface area contributed by atoms with Crippen molar-refractivity contribution in [1.82, 2.24) is 9.47 Å². The van der Waals surface area contributed by atoms with Gasteiger partial charge in [0.25, 0.3) is 0 Å². The van der Waals surface area contributed by atoms with Gasteiger partial charge in [0, 0.05) is 37.1 Å². The average molecular weight is 352 g/mol. The molecule has 1 atom stereocenters. The maximum atomic E-state index is 14.7. The van der Waals surface area contributed by atoms with Crippen LogP contribution < -0.4 is 0 Å². The Labute approximate surface area is 152 Å². The van der Waals surface area contributed by atoms with Crippen LogP contribution in [0.15, 0.2) is 60.8 Å². The molecule has 4 rings (SSSR count). The molecule has 26 heavy (non-hydrogen) atoms. The van der Waals surface area contributed by atoms with Gasteiger partial charge in [0.1, 0.15) is 11.6 Å². The third kappa shape index (κ3) is 3.17. The average Bonchev–Trinajstić information content (AvgIpc) is 3.01. The zero-order valence-electron chi connectivity index (χ0n) is 14.8. The van der Waals surface area contributed by atoms with Gasteiger partial charge in [-0.3, -0.25) is 4.90 Å². The zero-order chi connectivity index (χ0) is 18.1. The van der Waals surface area contributed by atoms with Crippen LogP contribution in [0.4, 0.5) is 8.78 Å². The largest absolute Gasteiger partial charge is 0.350 e. The molecular formula is C22H22F2N2. The summed E-state index contributed by atoms with van der Waals surface area (Å²) >= 11 is 0. The van der Waals surface area contributed by atoms with Crippen molar-refractivity contribution >= 4 is 0 Å². The second-order valence-corrected chi connectivity index (χ2v) is 6.97. The molecular weight excluding hydrogens is 330 g/mol. The number of fused-ring (bicyclic) bond motifs is 1. The molecule has 0 N–H and O–H groups in total. The highest BCUT2D eigenvalue weighted by atomic mass is 19.1. The molecule has 0 saturated carbocycles. The predicted octanol–water partition coefficient (Wildman–Crippen LogP) is 5.07. The van der Waals surface area contributed by atoms with Crippen LogP contribution in [0.1, 0.15) is 34.8 Å². The monoisotopic (exact) mass is 352 g/mol. The first-order valence-electron chi connectivity index (χ1n) is 9.02. The Bertz CT molecular complexity index is 879. The van der Waals surface area contributed by atoms with Gasteiger partial charge in [0.2, 0.25) is 0 Å². The molecule has 0 aliphatic carbocycles.